The van der Waals surface area contributed by atoms with Gasteiger partial charge in [0.15, 0.2) is 0 Å². The van der Waals surface area contributed by atoms with Crippen molar-refractivity contribution in [1.82, 2.24) is 0 Å². The quantitative estimate of drug-likeness (QED) is 0.620. The fourth-order valence-electron chi connectivity index (χ4n) is 2.76. The average Bonchev–Trinajstić information content (AvgIpc) is 2.79. The molecule has 1 aromatic carbocycles. The van der Waals surface area contributed by atoms with Crippen LogP contribution < -0.4 is 5.73 Å². The SMILES string of the molecule is CC1(C)[C@H](CN)[C@H]1c1cc(O)ccc1[N+](=O)[O-]. The number of hydrogen-bond donors (Lipinski definition) is 2. The Labute approximate surface area is 99.4 Å². The van der Waals surface area contributed by atoms with Crippen LogP contribution in [0, 0.1) is 21.4 Å². The van der Waals surface area contributed by atoms with Crippen LogP contribution in [0.2, 0.25) is 0 Å². The van der Waals surface area contributed by atoms with Gasteiger partial charge < -0.3 is 10.8 Å². The Bertz CT molecular complexity index is 471. The second kappa shape index (κ2) is 3.70. The maximum absolute atomic E-state index is 11.0. The number of nitro benzene ring substituents is 1. The molecule has 1 aliphatic rings. The third-order valence-electron chi connectivity index (χ3n) is 3.85. The van der Waals surface area contributed by atoms with E-state index in [4.69, 9.17) is 5.73 Å². The van der Waals surface area contributed by atoms with E-state index in [2.05, 4.69) is 0 Å². The van der Waals surface area contributed by atoms with Crippen molar-refractivity contribution in [1.29, 1.82) is 0 Å². The monoisotopic (exact) mass is 236 g/mol. The highest BCUT2D eigenvalue weighted by atomic mass is 16.6. The largest absolute Gasteiger partial charge is 0.508 e. The fraction of sp³-hybridized carbons (Fsp3) is 0.500. The summed E-state index contributed by atoms with van der Waals surface area (Å²) in [5.41, 5.74) is 6.29. The summed E-state index contributed by atoms with van der Waals surface area (Å²) in [6.45, 7) is 4.59. The summed E-state index contributed by atoms with van der Waals surface area (Å²) in [5.74, 6) is 0.354. The van der Waals surface area contributed by atoms with E-state index in [0.29, 0.717) is 12.1 Å². The number of aromatic hydroxyl groups is 1. The minimum atomic E-state index is -0.406. The number of hydrogen-bond acceptors (Lipinski definition) is 4. The maximum Gasteiger partial charge on any atom is 0.273 e. The number of nitrogens with zero attached hydrogens (tertiary/aromatic N) is 1. The van der Waals surface area contributed by atoms with Crippen molar-refractivity contribution in [2.45, 2.75) is 19.8 Å². The number of phenolic OH excluding ortho intramolecular Hbond substituents is 1. The Balaban J connectivity index is 2.46. The molecule has 2 rings (SSSR count). The van der Waals surface area contributed by atoms with Gasteiger partial charge in [-0.25, -0.2) is 0 Å². The van der Waals surface area contributed by atoms with Gasteiger partial charge in [0.1, 0.15) is 5.75 Å². The third-order valence-corrected chi connectivity index (χ3v) is 3.85. The standard InChI is InChI=1S/C12H16N2O3/c1-12(2)9(6-13)11(12)8-5-7(15)3-4-10(8)14(16)17/h3-5,9,11,15H,6,13H2,1-2H3/t9-,11-/m1/s1. The molecule has 0 unspecified atom stereocenters. The Morgan fingerprint density at radius 1 is 1.53 bits per heavy atom. The summed E-state index contributed by atoms with van der Waals surface area (Å²) in [6.07, 6.45) is 0. The molecule has 0 radical (unpaired) electrons. The van der Waals surface area contributed by atoms with Crippen LogP contribution in [-0.4, -0.2) is 16.6 Å². The Morgan fingerprint density at radius 2 is 2.18 bits per heavy atom. The number of benzene rings is 1. The van der Waals surface area contributed by atoms with Crippen LogP contribution >= 0.6 is 0 Å². The van der Waals surface area contributed by atoms with Crippen LogP contribution in [0.25, 0.3) is 0 Å². The van der Waals surface area contributed by atoms with Crippen LogP contribution in [-0.2, 0) is 0 Å². The molecule has 92 valence electrons. The zero-order valence-electron chi connectivity index (χ0n) is 9.88. The first-order chi connectivity index (χ1) is 7.89. The van der Waals surface area contributed by atoms with Crippen LogP contribution in [0.5, 0.6) is 5.75 Å². The van der Waals surface area contributed by atoms with E-state index < -0.39 is 4.92 Å². The van der Waals surface area contributed by atoms with Gasteiger partial charge in [-0.05, 0) is 30.0 Å². The Hall–Kier alpha value is -1.62. The van der Waals surface area contributed by atoms with Crippen molar-refractivity contribution in [3.63, 3.8) is 0 Å². The average molecular weight is 236 g/mol. The zero-order valence-corrected chi connectivity index (χ0v) is 9.88. The smallest absolute Gasteiger partial charge is 0.273 e. The van der Waals surface area contributed by atoms with E-state index in [-0.39, 0.29) is 28.7 Å². The van der Waals surface area contributed by atoms with E-state index in [0.717, 1.165) is 0 Å². The highest BCUT2D eigenvalue weighted by Crippen LogP contribution is 2.65. The first-order valence-electron chi connectivity index (χ1n) is 5.57. The minimum absolute atomic E-state index is 0.0344. The van der Waals surface area contributed by atoms with Crippen LogP contribution in [0.3, 0.4) is 0 Å². The fourth-order valence-corrected chi connectivity index (χ4v) is 2.76. The molecule has 1 saturated carbocycles. The molecular formula is C12H16N2O3. The van der Waals surface area contributed by atoms with Gasteiger partial charge in [0.25, 0.3) is 5.69 Å². The topological polar surface area (TPSA) is 89.4 Å². The van der Waals surface area contributed by atoms with Crippen molar-refractivity contribution < 1.29 is 10.0 Å². The van der Waals surface area contributed by atoms with Gasteiger partial charge in [-0.3, -0.25) is 10.1 Å². The zero-order chi connectivity index (χ0) is 12.8. The summed E-state index contributed by atoms with van der Waals surface area (Å²) in [7, 11) is 0. The van der Waals surface area contributed by atoms with E-state index in [1.165, 1.54) is 18.2 Å². The molecule has 0 aliphatic heterocycles. The van der Waals surface area contributed by atoms with Crippen molar-refractivity contribution in [2.24, 2.45) is 17.1 Å². The van der Waals surface area contributed by atoms with Crippen LogP contribution in [0.15, 0.2) is 18.2 Å². The van der Waals surface area contributed by atoms with Crippen LogP contribution in [0.1, 0.15) is 25.3 Å². The predicted molar refractivity (Wildman–Crippen MR) is 63.8 cm³/mol. The molecule has 0 aromatic heterocycles. The molecule has 0 heterocycles. The first kappa shape index (κ1) is 11.9. The maximum atomic E-state index is 11.0. The number of nitro groups is 1. The molecule has 17 heavy (non-hydrogen) atoms. The molecule has 5 heteroatoms. The lowest BCUT2D eigenvalue weighted by Gasteiger charge is -2.05. The molecule has 1 aliphatic carbocycles. The first-order valence-corrected chi connectivity index (χ1v) is 5.57. The van der Waals surface area contributed by atoms with Gasteiger partial charge in [-0.1, -0.05) is 13.8 Å². The van der Waals surface area contributed by atoms with Gasteiger partial charge >= 0.3 is 0 Å². The van der Waals surface area contributed by atoms with Crippen LogP contribution in [0.4, 0.5) is 5.69 Å². The second-order valence-electron chi connectivity index (χ2n) is 5.14. The molecule has 1 fully saturated rings. The van der Waals surface area contributed by atoms with E-state index >= 15 is 0 Å². The molecule has 0 saturated heterocycles. The number of phenols is 1. The highest BCUT2D eigenvalue weighted by molar-refractivity contribution is 5.51. The Kier molecular flexibility index (Phi) is 2.58. The Morgan fingerprint density at radius 3 is 2.65 bits per heavy atom. The van der Waals surface area contributed by atoms with Crippen molar-refractivity contribution >= 4 is 5.69 Å². The predicted octanol–water partition coefficient (Wildman–Crippen LogP) is 2.00. The van der Waals surface area contributed by atoms with E-state index in [1.807, 2.05) is 13.8 Å². The summed E-state index contributed by atoms with van der Waals surface area (Å²) in [5, 5.41) is 20.4. The highest BCUT2D eigenvalue weighted by Gasteiger charge is 2.59. The molecule has 0 spiro atoms. The van der Waals surface area contributed by atoms with Crippen molar-refractivity contribution in [3.05, 3.63) is 33.9 Å². The number of nitrogens with two attached hydrogens (primary N) is 1. The van der Waals surface area contributed by atoms with Gasteiger partial charge in [0.2, 0.25) is 0 Å². The molecule has 3 N–H and O–H groups in total. The molecular weight excluding hydrogens is 220 g/mol. The molecule has 5 nitrogen and oxygen atoms in total. The van der Waals surface area contributed by atoms with Gasteiger partial charge in [0, 0.05) is 17.5 Å². The molecule has 1 aromatic rings. The van der Waals surface area contributed by atoms with Gasteiger partial charge in [-0.15, -0.1) is 0 Å². The number of rotatable bonds is 3. The lowest BCUT2D eigenvalue weighted by Crippen LogP contribution is -2.05. The summed E-state index contributed by atoms with van der Waals surface area (Å²) >= 11 is 0. The van der Waals surface area contributed by atoms with Crippen molar-refractivity contribution in [2.75, 3.05) is 6.54 Å². The summed E-state index contributed by atoms with van der Waals surface area (Å²) < 4.78 is 0. The second-order valence-corrected chi connectivity index (χ2v) is 5.14. The lowest BCUT2D eigenvalue weighted by atomic mass is 10.0. The van der Waals surface area contributed by atoms with E-state index in [1.54, 1.807) is 0 Å². The van der Waals surface area contributed by atoms with E-state index in [9.17, 15) is 15.2 Å². The minimum Gasteiger partial charge on any atom is -0.508 e. The van der Waals surface area contributed by atoms with Gasteiger partial charge in [0.05, 0.1) is 4.92 Å². The third kappa shape index (κ3) is 1.76. The van der Waals surface area contributed by atoms with Gasteiger partial charge in [-0.2, -0.15) is 0 Å². The van der Waals surface area contributed by atoms with Crippen molar-refractivity contribution in [3.8, 4) is 5.75 Å². The summed E-state index contributed by atoms with van der Waals surface area (Å²) in [4.78, 5) is 10.6. The normalized spacial score (nSPS) is 25.6. The lowest BCUT2D eigenvalue weighted by molar-refractivity contribution is -0.385. The molecule has 2 atom stereocenters. The summed E-state index contributed by atoms with van der Waals surface area (Å²) in [6, 6.07) is 4.18. The molecule has 0 amide bonds. The molecule has 0 bridgehead atoms.